The predicted molar refractivity (Wildman–Crippen MR) is 48.5 cm³/mol. The van der Waals surface area contributed by atoms with Crippen molar-refractivity contribution in [1.82, 2.24) is 4.98 Å². The van der Waals surface area contributed by atoms with Gasteiger partial charge in [-0.25, -0.2) is 0 Å². The van der Waals surface area contributed by atoms with E-state index in [1.807, 2.05) is 6.92 Å². The molecule has 0 aliphatic rings. The lowest BCUT2D eigenvalue weighted by Gasteiger charge is -2.01. The van der Waals surface area contributed by atoms with Crippen LogP contribution in [0.25, 0.3) is 0 Å². The molecule has 0 bridgehead atoms. The number of nitrogens with zero attached hydrogens (tertiary/aromatic N) is 1. The number of Topliss-reactive ketones (excluding diaryl/α,β-unsaturated/α-hetero) is 1. The summed E-state index contributed by atoms with van der Waals surface area (Å²) in [5.41, 5.74) is 2.49. The maximum Gasteiger partial charge on any atom is 0.178 e. The highest BCUT2D eigenvalue weighted by Crippen LogP contribution is 2.10. The SMILES string of the molecule is CC(=O)c1cc(C)c(CCl)cn1. The maximum absolute atomic E-state index is 10.9. The van der Waals surface area contributed by atoms with E-state index in [9.17, 15) is 4.79 Å². The minimum atomic E-state index is -0.0146. The fourth-order valence-electron chi connectivity index (χ4n) is 0.917. The molecule has 1 heterocycles. The lowest BCUT2D eigenvalue weighted by molar-refractivity contribution is 0.101. The van der Waals surface area contributed by atoms with E-state index >= 15 is 0 Å². The third-order valence-electron chi connectivity index (χ3n) is 1.72. The van der Waals surface area contributed by atoms with E-state index in [0.29, 0.717) is 11.6 Å². The Kier molecular flexibility index (Phi) is 2.82. The van der Waals surface area contributed by atoms with Gasteiger partial charge in [0.2, 0.25) is 0 Å². The predicted octanol–water partition coefficient (Wildman–Crippen LogP) is 2.33. The van der Waals surface area contributed by atoms with Crippen molar-refractivity contribution in [2.75, 3.05) is 0 Å². The molecule has 0 saturated heterocycles. The summed E-state index contributed by atoms with van der Waals surface area (Å²) in [5.74, 6) is 0.427. The fourth-order valence-corrected chi connectivity index (χ4v) is 1.20. The number of carbonyl (C=O) groups excluding carboxylic acids is 1. The first-order chi connectivity index (χ1) is 5.65. The average Bonchev–Trinajstić information content (AvgIpc) is 2.04. The molecule has 0 saturated carbocycles. The highest BCUT2D eigenvalue weighted by molar-refractivity contribution is 6.17. The Hall–Kier alpha value is -0.890. The number of carbonyl (C=O) groups is 1. The van der Waals surface area contributed by atoms with Crippen molar-refractivity contribution in [2.45, 2.75) is 19.7 Å². The summed E-state index contributed by atoms with van der Waals surface area (Å²) in [6, 6.07) is 1.76. The first-order valence-electron chi connectivity index (χ1n) is 3.67. The molecule has 0 spiro atoms. The van der Waals surface area contributed by atoms with Gasteiger partial charge >= 0.3 is 0 Å². The molecule has 0 atom stereocenters. The zero-order valence-corrected chi connectivity index (χ0v) is 7.85. The van der Waals surface area contributed by atoms with E-state index < -0.39 is 0 Å². The van der Waals surface area contributed by atoms with Crippen LogP contribution < -0.4 is 0 Å². The molecular formula is C9H10ClNO. The van der Waals surface area contributed by atoms with Crippen LogP contribution in [0.2, 0.25) is 0 Å². The molecule has 3 heteroatoms. The van der Waals surface area contributed by atoms with Gasteiger partial charge in [0.05, 0.1) is 0 Å². The lowest BCUT2D eigenvalue weighted by atomic mass is 10.1. The number of hydrogen-bond acceptors (Lipinski definition) is 2. The Morgan fingerprint density at radius 3 is 2.75 bits per heavy atom. The van der Waals surface area contributed by atoms with Crippen LogP contribution in [0.15, 0.2) is 12.3 Å². The van der Waals surface area contributed by atoms with Crippen LogP contribution in [0, 0.1) is 6.92 Å². The standard InChI is InChI=1S/C9H10ClNO/c1-6-3-9(7(2)12)11-5-8(6)4-10/h3,5H,4H2,1-2H3. The van der Waals surface area contributed by atoms with Crippen molar-refractivity contribution >= 4 is 17.4 Å². The van der Waals surface area contributed by atoms with Crippen molar-refractivity contribution in [3.05, 3.63) is 29.1 Å². The van der Waals surface area contributed by atoms with Crippen molar-refractivity contribution in [2.24, 2.45) is 0 Å². The Bertz CT molecular complexity index is 309. The van der Waals surface area contributed by atoms with Crippen LogP contribution in [0.5, 0.6) is 0 Å². The fraction of sp³-hybridized carbons (Fsp3) is 0.333. The second-order valence-electron chi connectivity index (χ2n) is 2.69. The van der Waals surface area contributed by atoms with E-state index in [-0.39, 0.29) is 5.78 Å². The Morgan fingerprint density at radius 2 is 2.33 bits per heavy atom. The number of aryl methyl sites for hydroxylation is 1. The van der Waals surface area contributed by atoms with Crippen LogP contribution in [-0.2, 0) is 5.88 Å². The molecule has 0 radical (unpaired) electrons. The van der Waals surface area contributed by atoms with E-state index in [1.165, 1.54) is 6.92 Å². The summed E-state index contributed by atoms with van der Waals surface area (Å²) >= 11 is 5.64. The molecule has 0 aliphatic heterocycles. The van der Waals surface area contributed by atoms with Crippen molar-refractivity contribution < 1.29 is 4.79 Å². The van der Waals surface area contributed by atoms with E-state index in [0.717, 1.165) is 11.1 Å². The second kappa shape index (κ2) is 3.68. The van der Waals surface area contributed by atoms with Gasteiger partial charge in [-0.3, -0.25) is 9.78 Å². The molecule has 0 N–H and O–H groups in total. The smallest absolute Gasteiger partial charge is 0.178 e. The Labute approximate surface area is 76.6 Å². The summed E-state index contributed by atoms with van der Waals surface area (Å²) in [6.45, 7) is 3.42. The van der Waals surface area contributed by atoms with Gasteiger partial charge in [-0.05, 0) is 24.1 Å². The number of pyridine rings is 1. The molecule has 1 aromatic heterocycles. The topological polar surface area (TPSA) is 30.0 Å². The molecule has 1 aromatic rings. The monoisotopic (exact) mass is 183 g/mol. The minimum absolute atomic E-state index is 0.0146. The number of hydrogen-bond donors (Lipinski definition) is 0. The second-order valence-corrected chi connectivity index (χ2v) is 2.95. The average molecular weight is 184 g/mol. The number of rotatable bonds is 2. The summed E-state index contributed by atoms with van der Waals surface area (Å²) in [7, 11) is 0. The van der Waals surface area contributed by atoms with Gasteiger partial charge in [-0.1, -0.05) is 0 Å². The van der Waals surface area contributed by atoms with Crippen LogP contribution >= 0.6 is 11.6 Å². The molecule has 0 aromatic carbocycles. The molecular weight excluding hydrogens is 174 g/mol. The van der Waals surface area contributed by atoms with Gasteiger partial charge in [0.15, 0.2) is 5.78 Å². The Morgan fingerprint density at radius 1 is 1.67 bits per heavy atom. The van der Waals surface area contributed by atoms with Gasteiger partial charge in [0.1, 0.15) is 5.69 Å². The third-order valence-corrected chi connectivity index (χ3v) is 2.01. The highest BCUT2D eigenvalue weighted by Gasteiger charge is 2.03. The molecule has 0 unspecified atom stereocenters. The molecule has 0 fully saturated rings. The highest BCUT2D eigenvalue weighted by atomic mass is 35.5. The largest absolute Gasteiger partial charge is 0.293 e. The first kappa shape index (κ1) is 9.20. The van der Waals surface area contributed by atoms with Crippen LogP contribution in [0.1, 0.15) is 28.5 Å². The van der Waals surface area contributed by atoms with Gasteiger partial charge in [-0.15, -0.1) is 11.6 Å². The van der Waals surface area contributed by atoms with Gasteiger partial charge in [-0.2, -0.15) is 0 Å². The summed E-state index contributed by atoms with van der Waals surface area (Å²) in [4.78, 5) is 14.9. The Balaban J connectivity index is 3.10. The number of halogens is 1. The molecule has 12 heavy (non-hydrogen) atoms. The summed E-state index contributed by atoms with van der Waals surface area (Å²) in [5, 5.41) is 0. The minimum Gasteiger partial charge on any atom is -0.293 e. The molecule has 0 amide bonds. The zero-order valence-electron chi connectivity index (χ0n) is 7.10. The van der Waals surface area contributed by atoms with E-state index in [4.69, 9.17) is 11.6 Å². The molecule has 0 aliphatic carbocycles. The summed E-state index contributed by atoms with van der Waals surface area (Å²) in [6.07, 6.45) is 1.65. The number of alkyl halides is 1. The normalized spacial score (nSPS) is 9.92. The van der Waals surface area contributed by atoms with E-state index in [2.05, 4.69) is 4.98 Å². The number of aromatic nitrogens is 1. The number of ketones is 1. The third kappa shape index (κ3) is 1.83. The van der Waals surface area contributed by atoms with Crippen molar-refractivity contribution in [3.8, 4) is 0 Å². The van der Waals surface area contributed by atoms with Gasteiger partial charge in [0, 0.05) is 19.0 Å². The van der Waals surface area contributed by atoms with Gasteiger partial charge < -0.3 is 0 Å². The zero-order chi connectivity index (χ0) is 9.14. The molecule has 2 nitrogen and oxygen atoms in total. The van der Waals surface area contributed by atoms with Crippen LogP contribution in [-0.4, -0.2) is 10.8 Å². The van der Waals surface area contributed by atoms with Crippen molar-refractivity contribution in [1.29, 1.82) is 0 Å². The lowest BCUT2D eigenvalue weighted by Crippen LogP contribution is -1.98. The van der Waals surface area contributed by atoms with Crippen molar-refractivity contribution in [3.63, 3.8) is 0 Å². The van der Waals surface area contributed by atoms with Crippen LogP contribution in [0.3, 0.4) is 0 Å². The summed E-state index contributed by atoms with van der Waals surface area (Å²) < 4.78 is 0. The molecule has 64 valence electrons. The quantitative estimate of drug-likeness (QED) is 0.521. The van der Waals surface area contributed by atoms with E-state index in [1.54, 1.807) is 12.3 Å². The molecule has 1 rings (SSSR count). The maximum atomic E-state index is 10.9. The van der Waals surface area contributed by atoms with Crippen LogP contribution in [0.4, 0.5) is 0 Å². The first-order valence-corrected chi connectivity index (χ1v) is 4.21. The van der Waals surface area contributed by atoms with Gasteiger partial charge in [0.25, 0.3) is 0 Å².